The molecule has 132 valence electrons. The van der Waals surface area contributed by atoms with E-state index in [2.05, 4.69) is 5.32 Å². The Morgan fingerprint density at radius 1 is 1.28 bits per heavy atom. The van der Waals surface area contributed by atoms with Gasteiger partial charge >= 0.3 is 5.97 Å². The van der Waals surface area contributed by atoms with Crippen molar-refractivity contribution < 1.29 is 23.8 Å². The number of aryl methyl sites for hydroxylation is 1. The lowest BCUT2D eigenvalue weighted by atomic mass is 10.1. The number of ether oxygens (including phenoxy) is 3. The van der Waals surface area contributed by atoms with Gasteiger partial charge < -0.3 is 19.5 Å². The van der Waals surface area contributed by atoms with Crippen LogP contribution in [0.1, 0.15) is 27.7 Å². The third-order valence-corrected chi connectivity index (χ3v) is 5.03. The topological polar surface area (TPSA) is 73.9 Å². The second-order valence-corrected chi connectivity index (χ2v) is 6.79. The molecule has 0 aliphatic carbocycles. The van der Waals surface area contributed by atoms with Crippen LogP contribution in [0, 0.1) is 13.8 Å². The van der Waals surface area contributed by atoms with Gasteiger partial charge in [0.25, 0.3) is 5.91 Å². The number of hydrogen-bond donors (Lipinski definition) is 1. The fourth-order valence-electron chi connectivity index (χ4n) is 2.51. The first-order chi connectivity index (χ1) is 12.0. The Balaban J connectivity index is 1.78. The number of carbonyl (C=O) groups excluding carboxylic acids is 2. The highest BCUT2D eigenvalue weighted by Crippen LogP contribution is 2.34. The van der Waals surface area contributed by atoms with Crippen molar-refractivity contribution in [1.29, 1.82) is 0 Å². The van der Waals surface area contributed by atoms with Crippen molar-refractivity contribution in [2.45, 2.75) is 26.9 Å². The predicted molar refractivity (Wildman–Crippen MR) is 94.7 cm³/mol. The predicted octanol–water partition coefficient (Wildman–Crippen LogP) is 3.32. The van der Waals surface area contributed by atoms with E-state index in [1.165, 1.54) is 11.3 Å². The van der Waals surface area contributed by atoms with Crippen molar-refractivity contribution in [2.75, 3.05) is 18.5 Å². The van der Waals surface area contributed by atoms with Gasteiger partial charge in [-0.3, -0.25) is 4.79 Å². The SMILES string of the molecule is CCOC(=O)c1c(NC(=O)[C@H]2COc3ccccc3O2)sc(C)c1C. The van der Waals surface area contributed by atoms with Crippen LogP contribution in [-0.4, -0.2) is 31.2 Å². The molecule has 0 spiro atoms. The lowest BCUT2D eigenvalue weighted by Gasteiger charge is -2.25. The van der Waals surface area contributed by atoms with Crippen LogP contribution in [0.15, 0.2) is 24.3 Å². The highest BCUT2D eigenvalue weighted by Gasteiger charge is 2.30. The molecular weight excluding hydrogens is 342 g/mol. The summed E-state index contributed by atoms with van der Waals surface area (Å²) in [4.78, 5) is 25.7. The van der Waals surface area contributed by atoms with Gasteiger partial charge in [0.15, 0.2) is 11.5 Å². The number of anilines is 1. The minimum absolute atomic E-state index is 0.112. The number of benzene rings is 1. The van der Waals surface area contributed by atoms with E-state index in [9.17, 15) is 9.59 Å². The molecule has 25 heavy (non-hydrogen) atoms. The minimum atomic E-state index is -0.785. The number of thiophene rings is 1. The lowest BCUT2D eigenvalue weighted by molar-refractivity contribution is -0.125. The third kappa shape index (κ3) is 3.46. The van der Waals surface area contributed by atoms with Gasteiger partial charge in [-0.2, -0.15) is 0 Å². The summed E-state index contributed by atoms with van der Waals surface area (Å²) in [5.74, 6) is 0.340. The van der Waals surface area contributed by atoms with E-state index >= 15 is 0 Å². The van der Waals surface area contributed by atoms with Gasteiger partial charge in [0.1, 0.15) is 11.6 Å². The number of amides is 1. The average molecular weight is 361 g/mol. The second-order valence-electron chi connectivity index (χ2n) is 5.56. The smallest absolute Gasteiger partial charge is 0.341 e. The first-order valence-corrected chi connectivity index (χ1v) is 8.79. The zero-order chi connectivity index (χ0) is 18.0. The number of nitrogens with one attached hydrogen (secondary N) is 1. The molecule has 7 heteroatoms. The van der Waals surface area contributed by atoms with Gasteiger partial charge in [-0.05, 0) is 38.5 Å². The molecule has 1 aromatic carbocycles. The van der Waals surface area contributed by atoms with E-state index in [0.717, 1.165) is 10.4 Å². The maximum atomic E-state index is 12.6. The molecule has 1 aromatic heterocycles. The van der Waals surface area contributed by atoms with E-state index in [1.807, 2.05) is 26.0 Å². The number of para-hydroxylation sites is 2. The minimum Gasteiger partial charge on any atom is -0.485 e. The van der Waals surface area contributed by atoms with Gasteiger partial charge in [-0.25, -0.2) is 4.79 Å². The normalized spacial score (nSPS) is 15.6. The van der Waals surface area contributed by atoms with Crippen molar-refractivity contribution in [3.63, 3.8) is 0 Å². The van der Waals surface area contributed by atoms with Crippen molar-refractivity contribution in [1.82, 2.24) is 0 Å². The second kappa shape index (κ2) is 7.14. The molecule has 1 atom stereocenters. The van der Waals surface area contributed by atoms with E-state index in [-0.39, 0.29) is 19.1 Å². The number of fused-ring (bicyclic) bond motifs is 1. The van der Waals surface area contributed by atoms with Gasteiger partial charge in [-0.15, -0.1) is 11.3 Å². The highest BCUT2D eigenvalue weighted by atomic mass is 32.1. The Kier molecular flexibility index (Phi) is 4.94. The van der Waals surface area contributed by atoms with E-state index in [1.54, 1.807) is 19.1 Å². The molecule has 0 fully saturated rings. The summed E-state index contributed by atoms with van der Waals surface area (Å²) in [5, 5.41) is 3.26. The highest BCUT2D eigenvalue weighted by molar-refractivity contribution is 7.16. The molecule has 0 saturated heterocycles. The summed E-state index contributed by atoms with van der Waals surface area (Å²) in [7, 11) is 0. The van der Waals surface area contributed by atoms with Crippen LogP contribution in [0.4, 0.5) is 5.00 Å². The van der Waals surface area contributed by atoms with Crippen molar-refractivity contribution >= 4 is 28.2 Å². The zero-order valence-electron chi connectivity index (χ0n) is 14.3. The van der Waals surface area contributed by atoms with Crippen LogP contribution in [0.2, 0.25) is 0 Å². The maximum Gasteiger partial charge on any atom is 0.341 e. The number of hydrogen-bond acceptors (Lipinski definition) is 6. The summed E-state index contributed by atoms with van der Waals surface area (Å²) in [6, 6.07) is 7.19. The summed E-state index contributed by atoms with van der Waals surface area (Å²) >= 11 is 1.34. The average Bonchev–Trinajstić information content (AvgIpc) is 2.88. The number of carbonyl (C=O) groups is 2. The van der Waals surface area contributed by atoms with Gasteiger partial charge in [0.2, 0.25) is 6.10 Å². The first kappa shape index (κ1) is 17.3. The van der Waals surface area contributed by atoms with Crippen molar-refractivity contribution in [2.24, 2.45) is 0 Å². The number of esters is 1. The van der Waals surface area contributed by atoms with Crippen LogP contribution < -0.4 is 14.8 Å². The van der Waals surface area contributed by atoms with Crippen LogP contribution in [0.25, 0.3) is 0 Å². The molecular formula is C18H19NO5S. The third-order valence-electron chi connectivity index (χ3n) is 3.90. The Bertz CT molecular complexity index is 814. The van der Waals surface area contributed by atoms with Crippen LogP contribution in [0.5, 0.6) is 11.5 Å². The van der Waals surface area contributed by atoms with Gasteiger partial charge in [0, 0.05) is 4.88 Å². The van der Waals surface area contributed by atoms with Gasteiger partial charge in [-0.1, -0.05) is 12.1 Å². The molecule has 3 rings (SSSR count). The zero-order valence-corrected chi connectivity index (χ0v) is 15.1. The molecule has 1 aliphatic rings. The largest absolute Gasteiger partial charge is 0.485 e. The van der Waals surface area contributed by atoms with Crippen LogP contribution >= 0.6 is 11.3 Å². The molecule has 1 N–H and O–H groups in total. The Hall–Kier alpha value is -2.54. The lowest BCUT2D eigenvalue weighted by Crippen LogP contribution is -2.40. The first-order valence-electron chi connectivity index (χ1n) is 7.97. The van der Waals surface area contributed by atoms with Crippen molar-refractivity contribution in [3.05, 3.63) is 40.3 Å². The number of rotatable bonds is 4. The molecule has 2 aromatic rings. The summed E-state index contributed by atoms with van der Waals surface area (Å²) in [5.41, 5.74) is 1.21. The van der Waals surface area contributed by atoms with Crippen LogP contribution in [-0.2, 0) is 9.53 Å². The molecule has 0 radical (unpaired) electrons. The summed E-state index contributed by atoms with van der Waals surface area (Å²) in [6.45, 7) is 5.87. The molecule has 6 nitrogen and oxygen atoms in total. The molecule has 0 unspecified atom stereocenters. The molecule has 0 bridgehead atoms. The molecule has 1 aliphatic heterocycles. The monoisotopic (exact) mass is 361 g/mol. The Morgan fingerprint density at radius 2 is 2.00 bits per heavy atom. The van der Waals surface area contributed by atoms with Gasteiger partial charge in [0.05, 0.1) is 12.2 Å². The maximum absolute atomic E-state index is 12.6. The molecule has 1 amide bonds. The van der Waals surface area contributed by atoms with E-state index in [0.29, 0.717) is 22.1 Å². The summed E-state index contributed by atoms with van der Waals surface area (Å²) in [6.07, 6.45) is -0.785. The quantitative estimate of drug-likeness (QED) is 0.846. The molecule has 0 saturated carbocycles. The van der Waals surface area contributed by atoms with E-state index < -0.39 is 12.1 Å². The fraction of sp³-hybridized carbons (Fsp3) is 0.333. The summed E-state index contributed by atoms with van der Waals surface area (Å²) < 4.78 is 16.4. The Morgan fingerprint density at radius 3 is 2.72 bits per heavy atom. The standard InChI is InChI=1S/C18H19NO5S/c1-4-22-18(21)15-10(2)11(3)25-17(15)19-16(20)14-9-23-12-7-5-6-8-13(12)24-14/h5-8,14H,4,9H2,1-3H3,(H,19,20)/t14-/m1/s1. The molecule has 2 heterocycles. The van der Waals surface area contributed by atoms with Crippen molar-refractivity contribution in [3.8, 4) is 11.5 Å². The Labute approximate surface area is 149 Å². The van der Waals surface area contributed by atoms with E-state index in [4.69, 9.17) is 14.2 Å². The van der Waals surface area contributed by atoms with Crippen LogP contribution in [0.3, 0.4) is 0 Å². The fourth-order valence-corrected chi connectivity index (χ4v) is 3.56.